The van der Waals surface area contributed by atoms with E-state index in [1.807, 2.05) is 30.3 Å². The number of anilines is 1. The SMILES string of the molecule is CC1Cc2cc(S(N)(=O)=O)ccc2N1CCOc1cccc2ccccc12. The lowest BCUT2D eigenvalue weighted by Crippen LogP contribution is -2.33. The van der Waals surface area contributed by atoms with Crippen LogP contribution < -0.4 is 14.8 Å². The molecule has 0 aromatic heterocycles. The number of fused-ring (bicyclic) bond motifs is 2. The van der Waals surface area contributed by atoms with Gasteiger partial charge in [-0.25, -0.2) is 13.6 Å². The predicted octanol–water partition coefficient (Wildman–Crippen LogP) is 3.32. The summed E-state index contributed by atoms with van der Waals surface area (Å²) in [6, 6.07) is 19.6. The predicted molar refractivity (Wildman–Crippen MR) is 108 cm³/mol. The Morgan fingerprint density at radius 2 is 1.89 bits per heavy atom. The number of primary sulfonamides is 1. The molecule has 0 saturated heterocycles. The molecule has 27 heavy (non-hydrogen) atoms. The van der Waals surface area contributed by atoms with Crippen molar-refractivity contribution in [3.05, 3.63) is 66.2 Å². The van der Waals surface area contributed by atoms with Gasteiger partial charge < -0.3 is 9.64 Å². The van der Waals surface area contributed by atoms with Crippen molar-refractivity contribution < 1.29 is 13.2 Å². The highest BCUT2D eigenvalue weighted by atomic mass is 32.2. The zero-order chi connectivity index (χ0) is 19.0. The van der Waals surface area contributed by atoms with Gasteiger partial charge in [-0.15, -0.1) is 0 Å². The fourth-order valence-electron chi connectivity index (χ4n) is 3.76. The summed E-state index contributed by atoms with van der Waals surface area (Å²) in [5, 5.41) is 7.51. The quantitative estimate of drug-likeness (QED) is 0.735. The number of sulfonamides is 1. The van der Waals surface area contributed by atoms with Crippen LogP contribution in [0.25, 0.3) is 10.8 Å². The lowest BCUT2D eigenvalue weighted by atomic mass is 10.1. The molecular formula is C21H22N2O3S. The summed E-state index contributed by atoms with van der Waals surface area (Å²) in [6.07, 6.45) is 0.799. The van der Waals surface area contributed by atoms with Crippen LogP contribution in [0.4, 0.5) is 5.69 Å². The van der Waals surface area contributed by atoms with E-state index in [9.17, 15) is 8.42 Å². The molecule has 0 aliphatic carbocycles. The maximum absolute atomic E-state index is 11.6. The van der Waals surface area contributed by atoms with Gasteiger partial charge in [-0.2, -0.15) is 0 Å². The molecule has 6 heteroatoms. The lowest BCUT2D eigenvalue weighted by molar-refractivity contribution is 0.325. The van der Waals surface area contributed by atoms with Crippen LogP contribution in [0.3, 0.4) is 0 Å². The summed E-state index contributed by atoms with van der Waals surface area (Å²) in [7, 11) is -3.68. The van der Waals surface area contributed by atoms with E-state index < -0.39 is 10.0 Å². The van der Waals surface area contributed by atoms with Crippen LogP contribution in [0, 0.1) is 0 Å². The summed E-state index contributed by atoms with van der Waals surface area (Å²) in [5.41, 5.74) is 2.07. The molecule has 3 aromatic rings. The van der Waals surface area contributed by atoms with E-state index >= 15 is 0 Å². The molecular weight excluding hydrogens is 360 g/mol. The van der Waals surface area contributed by atoms with Crippen LogP contribution in [-0.2, 0) is 16.4 Å². The molecule has 4 rings (SSSR count). The third-order valence-electron chi connectivity index (χ3n) is 5.08. The van der Waals surface area contributed by atoms with Crippen molar-refractivity contribution in [3.63, 3.8) is 0 Å². The highest BCUT2D eigenvalue weighted by Crippen LogP contribution is 2.33. The van der Waals surface area contributed by atoms with E-state index in [0.29, 0.717) is 6.61 Å². The number of nitrogens with zero attached hydrogens (tertiary/aromatic N) is 1. The Kier molecular flexibility index (Phi) is 4.53. The molecule has 140 valence electrons. The summed E-state index contributed by atoms with van der Waals surface area (Å²) in [5.74, 6) is 0.879. The van der Waals surface area contributed by atoms with Gasteiger partial charge in [0.2, 0.25) is 10.0 Å². The van der Waals surface area contributed by atoms with Gasteiger partial charge in [0.25, 0.3) is 0 Å². The molecule has 1 aliphatic rings. The highest BCUT2D eigenvalue weighted by molar-refractivity contribution is 7.89. The Balaban J connectivity index is 1.49. The van der Waals surface area contributed by atoms with Crippen molar-refractivity contribution in [2.75, 3.05) is 18.1 Å². The molecule has 0 radical (unpaired) electrons. The summed E-state index contributed by atoms with van der Waals surface area (Å²) in [4.78, 5) is 2.43. The van der Waals surface area contributed by atoms with Crippen molar-refractivity contribution in [1.29, 1.82) is 0 Å². The van der Waals surface area contributed by atoms with Crippen molar-refractivity contribution in [2.45, 2.75) is 24.3 Å². The number of hydrogen-bond donors (Lipinski definition) is 1. The van der Waals surface area contributed by atoms with Crippen LogP contribution in [-0.4, -0.2) is 27.6 Å². The van der Waals surface area contributed by atoms with E-state index in [0.717, 1.165) is 40.7 Å². The van der Waals surface area contributed by atoms with Crippen molar-refractivity contribution in [2.24, 2.45) is 5.14 Å². The molecule has 0 bridgehead atoms. The number of rotatable bonds is 5. The Morgan fingerprint density at radius 3 is 2.70 bits per heavy atom. The van der Waals surface area contributed by atoms with Gasteiger partial charge in [-0.1, -0.05) is 36.4 Å². The lowest BCUT2D eigenvalue weighted by Gasteiger charge is -2.25. The number of hydrogen-bond acceptors (Lipinski definition) is 4. The average Bonchev–Trinajstić information content (AvgIpc) is 2.96. The fourth-order valence-corrected chi connectivity index (χ4v) is 4.33. The normalized spacial score (nSPS) is 16.5. The number of nitrogens with two attached hydrogens (primary N) is 1. The van der Waals surface area contributed by atoms with Crippen LogP contribution in [0.2, 0.25) is 0 Å². The fraction of sp³-hybridized carbons (Fsp3) is 0.238. The van der Waals surface area contributed by atoms with Crippen LogP contribution >= 0.6 is 0 Å². The second-order valence-corrected chi connectivity index (χ2v) is 8.47. The summed E-state index contributed by atoms with van der Waals surface area (Å²) >= 11 is 0. The minimum Gasteiger partial charge on any atom is -0.491 e. The molecule has 1 aliphatic heterocycles. The first kappa shape index (κ1) is 17.8. The third-order valence-corrected chi connectivity index (χ3v) is 5.99. The van der Waals surface area contributed by atoms with Gasteiger partial charge in [0, 0.05) is 17.1 Å². The van der Waals surface area contributed by atoms with Crippen LogP contribution in [0.15, 0.2) is 65.6 Å². The third kappa shape index (κ3) is 3.50. The van der Waals surface area contributed by atoms with E-state index in [2.05, 4.69) is 30.0 Å². The van der Waals surface area contributed by atoms with Crippen molar-refractivity contribution in [1.82, 2.24) is 0 Å². The van der Waals surface area contributed by atoms with E-state index in [1.165, 1.54) is 0 Å². The van der Waals surface area contributed by atoms with Gasteiger partial charge in [-0.05, 0) is 48.6 Å². The summed E-state index contributed by atoms with van der Waals surface area (Å²) in [6.45, 7) is 3.41. The summed E-state index contributed by atoms with van der Waals surface area (Å²) < 4.78 is 29.2. The zero-order valence-corrected chi connectivity index (χ0v) is 15.9. The minimum absolute atomic E-state index is 0.169. The standard InChI is InChI=1S/C21H22N2O3S/c1-15-13-17-14-18(27(22,24)25)9-10-20(17)23(15)11-12-26-21-8-4-6-16-5-2-3-7-19(16)21/h2-10,14-15H,11-13H2,1H3,(H2,22,24,25). The molecule has 1 heterocycles. The molecule has 1 atom stereocenters. The second kappa shape index (κ2) is 6.87. The van der Waals surface area contributed by atoms with Gasteiger partial charge in [-0.3, -0.25) is 0 Å². The van der Waals surface area contributed by atoms with E-state index in [1.54, 1.807) is 12.1 Å². The monoisotopic (exact) mass is 382 g/mol. The number of benzene rings is 3. The molecule has 3 aromatic carbocycles. The first-order chi connectivity index (χ1) is 12.9. The highest BCUT2D eigenvalue weighted by Gasteiger charge is 2.27. The largest absolute Gasteiger partial charge is 0.491 e. The Hall–Kier alpha value is -2.57. The maximum Gasteiger partial charge on any atom is 0.238 e. The van der Waals surface area contributed by atoms with Gasteiger partial charge >= 0.3 is 0 Å². The van der Waals surface area contributed by atoms with Gasteiger partial charge in [0.1, 0.15) is 12.4 Å². The van der Waals surface area contributed by atoms with Gasteiger partial charge in [0.05, 0.1) is 11.4 Å². The van der Waals surface area contributed by atoms with Crippen LogP contribution in [0.5, 0.6) is 5.75 Å². The van der Waals surface area contributed by atoms with Crippen molar-refractivity contribution >= 4 is 26.5 Å². The van der Waals surface area contributed by atoms with Crippen molar-refractivity contribution in [3.8, 4) is 5.75 Å². The topological polar surface area (TPSA) is 72.6 Å². The molecule has 1 unspecified atom stereocenters. The molecule has 0 spiro atoms. The average molecular weight is 382 g/mol. The first-order valence-corrected chi connectivity index (χ1v) is 10.5. The molecule has 0 amide bonds. The van der Waals surface area contributed by atoms with E-state index in [-0.39, 0.29) is 10.9 Å². The Morgan fingerprint density at radius 1 is 1.11 bits per heavy atom. The molecule has 5 nitrogen and oxygen atoms in total. The number of ether oxygens (including phenoxy) is 1. The molecule has 2 N–H and O–H groups in total. The second-order valence-electron chi connectivity index (χ2n) is 6.91. The Bertz CT molecular complexity index is 1090. The minimum atomic E-state index is -3.68. The van der Waals surface area contributed by atoms with E-state index in [4.69, 9.17) is 9.88 Å². The molecule has 0 saturated carbocycles. The molecule has 0 fully saturated rings. The van der Waals surface area contributed by atoms with Gasteiger partial charge in [0.15, 0.2) is 0 Å². The maximum atomic E-state index is 11.6. The smallest absolute Gasteiger partial charge is 0.238 e. The van der Waals surface area contributed by atoms with Crippen LogP contribution in [0.1, 0.15) is 12.5 Å². The Labute approximate surface area is 159 Å². The first-order valence-electron chi connectivity index (χ1n) is 8.96. The zero-order valence-electron chi connectivity index (χ0n) is 15.1.